The largest absolute Gasteiger partial charge is 0.280 e. The Bertz CT molecular complexity index is 629. The van der Waals surface area contributed by atoms with E-state index >= 15 is 0 Å². The highest BCUT2D eigenvalue weighted by Gasteiger charge is 2.17. The zero-order chi connectivity index (χ0) is 11.7. The molecule has 1 heterocycles. The minimum Gasteiger partial charge on any atom is -0.258 e. The van der Waals surface area contributed by atoms with Gasteiger partial charge in [-0.2, -0.15) is 5.26 Å². The third-order valence-corrected chi connectivity index (χ3v) is 2.41. The molecule has 0 N–H and O–H groups in total. The normalized spacial score (nSPS) is 10.0. The molecule has 0 saturated carbocycles. The molecule has 0 radical (unpaired) electrons. The van der Waals surface area contributed by atoms with Gasteiger partial charge in [0, 0.05) is 17.1 Å². The van der Waals surface area contributed by atoms with Crippen molar-refractivity contribution in [1.29, 1.82) is 5.26 Å². The molecule has 0 amide bonds. The Morgan fingerprint density at radius 1 is 1.38 bits per heavy atom. The first-order chi connectivity index (χ1) is 7.65. The number of hydrogen-bond acceptors (Lipinski definition) is 4. The molecule has 0 saturated heterocycles. The molecule has 5 heteroatoms. The molecule has 16 heavy (non-hydrogen) atoms. The molecule has 0 spiro atoms. The first-order valence-electron chi connectivity index (χ1n) is 4.58. The summed E-state index contributed by atoms with van der Waals surface area (Å²) in [4.78, 5) is 14.4. The van der Waals surface area contributed by atoms with Gasteiger partial charge < -0.3 is 0 Å². The summed E-state index contributed by atoms with van der Waals surface area (Å²) in [7, 11) is 0. The van der Waals surface area contributed by atoms with Gasteiger partial charge in [0.05, 0.1) is 10.3 Å². The van der Waals surface area contributed by atoms with Crippen molar-refractivity contribution in [2.45, 2.75) is 6.92 Å². The fraction of sp³-hybridized carbons (Fsp3) is 0.0909. The van der Waals surface area contributed by atoms with Gasteiger partial charge in [-0.05, 0) is 13.0 Å². The maximum Gasteiger partial charge on any atom is 0.280 e. The first kappa shape index (κ1) is 10.1. The van der Waals surface area contributed by atoms with Crippen LogP contribution in [0.1, 0.15) is 11.3 Å². The summed E-state index contributed by atoms with van der Waals surface area (Å²) in [6, 6.07) is 6.79. The van der Waals surface area contributed by atoms with Crippen LogP contribution in [0.2, 0.25) is 0 Å². The van der Waals surface area contributed by atoms with Gasteiger partial charge in [0.25, 0.3) is 5.69 Å². The second-order valence-electron chi connectivity index (χ2n) is 3.35. The van der Waals surface area contributed by atoms with Crippen LogP contribution in [0.4, 0.5) is 5.69 Å². The number of nitro benzene ring substituents is 1. The molecule has 0 unspecified atom stereocenters. The zero-order valence-electron chi connectivity index (χ0n) is 8.47. The van der Waals surface area contributed by atoms with E-state index in [1.807, 2.05) is 6.07 Å². The van der Waals surface area contributed by atoms with E-state index in [-0.39, 0.29) is 11.4 Å². The maximum atomic E-state index is 10.9. The quantitative estimate of drug-likeness (QED) is 0.537. The number of benzene rings is 1. The summed E-state index contributed by atoms with van der Waals surface area (Å²) in [5.41, 5.74) is 0.824. The molecular formula is C11H7N3O2. The van der Waals surface area contributed by atoms with Crippen LogP contribution in [0.5, 0.6) is 0 Å². The lowest BCUT2D eigenvalue weighted by Crippen LogP contribution is -1.95. The molecule has 1 aromatic heterocycles. The number of fused-ring (bicyclic) bond motifs is 1. The van der Waals surface area contributed by atoms with Gasteiger partial charge >= 0.3 is 0 Å². The number of pyridine rings is 1. The first-order valence-corrected chi connectivity index (χ1v) is 4.58. The molecule has 2 rings (SSSR count). The summed E-state index contributed by atoms with van der Waals surface area (Å²) in [5.74, 6) is 0. The third-order valence-electron chi connectivity index (χ3n) is 2.41. The van der Waals surface area contributed by atoms with E-state index in [1.165, 1.54) is 6.20 Å². The Labute approximate surface area is 91.1 Å². The number of aromatic nitrogens is 1. The molecule has 0 bridgehead atoms. The maximum absolute atomic E-state index is 10.9. The minimum absolute atomic E-state index is 0.0383. The summed E-state index contributed by atoms with van der Waals surface area (Å²) < 4.78 is 0. The van der Waals surface area contributed by atoms with E-state index in [2.05, 4.69) is 4.98 Å². The molecule has 0 aliphatic heterocycles. The Hall–Kier alpha value is -2.48. The molecule has 2 aromatic rings. The second kappa shape index (κ2) is 3.59. The highest BCUT2D eigenvalue weighted by Crippen LogP contribution is 2.29. The highest BCUT2D eigenvalue weighted by molar-refractivity contribution is 5.94. The van der Waals surface area contributed by atoms with Crippen LogP contribution < -0.4 is 0 Å². The molecule has 1 aromatic carbocycles. The third kappa shape index (κ3) is 1.37. The highest BCUT2D eigenvalue weighted by atomic mass is 16.6. The molecule has 5 nitrogen and oxygen atoms in total. The van der Waals surface area contributed by atoms with E-state index in [9.17, 15) is 10.1 Å². The topological polar surface area (TPSA) is 79.8 Å². The van der Waals surface area contributed by atoms with Gasteiger partial charge in [-0.15, -0.1) is 0 Å². The van der Waals surface area contributed by atoms with E-state index < -0.39 is 4.92 Å². The Kier molecular flexibility index (Phi) is 2.25. The number of hydrogen-bond donors (Lipinski definition) is 0. The van der Waals surface area contributed by atoms with Gasteiger partial charge in [-0.25, -0.2) is 4.98 Å². The molecule has 0 atom stereocenters. The fourth-order valence-electron chi connectivity index (χ4n) is 1.68. The lowest BCUT2D eigenvalue weighted by molar-refractivity contribution is -0.383. The van der Waals surface area contributed by atoms with Crippen LogP contribution in [-0.4, -0.2) is 9.91 Å². The average molecular weight is 213 g/mol. The number of nitro groups is 1. The van der Waals surface area contributed by atoms with Crippen LogP contribution in [-0.2, 0) is 0 Å². The molecule has 78 valence electrons. The average Bonchev–Trinajstić information content (AvgIpc) is 2.27. The van der Waals surface area contributed by atoms with Gasteiger partial charge in [0.15, 0.2) is 0 Å². The number of rotatable bonds is 1. The van der Waals surface area contributed by atoms with Crippen molar-refractivity contribution < 1.29 is 4.92 Å². The molecule has 0 fully saturated rings. The van der Waals surface area contributed by atoms with Gasteiger partial charge in [-0.3, -0.25) is 10.1 Å². The van der Waals surface area contributed by atoms with Crippen LogP contribution in [0, 0.1) is 28.4 Å². The van der Waals surface area contributed by atoms with Crippen molar-refractivity contribution in [3.8, 4) is 6.07 Å². The standard InChI is InChI=1S/C11H7N3O2/c1-7-2-3-8-9(11(7)14(15)16)4-5-13-10(8)6-12/h2-5H,1H3. The molecule has 0 aliphatic rings. The van der Waals surface area contributed by atoms with Crippen LogP contribution in [0.3, 0.4) is 0 Å². The summed E-state index contributed by atoms with van der Waals surface area (Å²) >= 11 is 0. The summed E-state index contributed by atoms with van der Waals surface area (Å²) in [6.07, 6.45) is 1.41. The van der Waals surface area contributed by atoms with Crippen LogP contribution in [0.15, 0.2) is 24.4 Å². The molecular weight excluding hydrogens is 206 g/mol. The SMILES string of the molecule is Cc1ccc2c(C#N)nccc2c1[N+](=O)[O-]. The number of nitriles is 1. The number of aryl methyl sites for hydroxylation is 1. The predicted molar refractivity (Wildman–Crippen MR) is 57.8 cm³/mol. The van der Waals surface area contributed by atoms with E-state index in [4.69, 9.17) is 5.26 Å². The van der Waals surface area contributed by atoms with Crippen molar-refractivity contribution in [2.24, 2.45) is 0 Å². The monoisotopic (exact) mass is 213 g/mol. The van der Waals surface area contributed by atoms with Crippen LogP contribution in [0.25, 0.3) is 10.8 Å². The van der Waals surface area contributed by atoms with E-state index in [0.717, 1.165) is 0 Å². The van der Waals surface area contributed by atoms with Gasteiger partial charge in [0.1, 0.15) is 11.8 Å². The van der Waals surface area contributed by atoms with Crippen molar-refractivity contribution in [3.05, 3.63) is 45.8 Å². The van der Waals surface area contributed by atoms with Gasteiger partial charge in [-0.1, -0.05) is 12.1 Å². The molecule has 0 aliphatic carbocycles. The summed E-state index contributed by atoms with van der Waals surface area (Å²) in [5, 5.41) is 20.8. The lowest BCUT2D eigenvalue weighted by atomic mass is 10.0. The Balaban J connectivity index is 2.96. The van der Waals surface area contributed by atoms with E-state index in [0.29, 0.717) is 16.3 Å². The van der Waals surface area contributed by atoms with E-state index in [1.54, 1.807) is 25.1 Å². The zero-order valence-corrected chi connectivity index (χ0v) is 8.47. The van der Waals surface area contributed by atoms with Crippen molar-refractivity contribution in [1.82, 2.24) is 4.98 Å². The fourth-order valence-corrected chi connectivity index (χ4v) is 1.68. The minimum atomic E-state index is -0.432. The van der Waals surface area contributed by atoms with Crippen molar-refractivity contribution in [3.63, 3.8) is 0 Å². The second-order valence-corrected chi connectivity index (χ2v) is 3.35. The predicted octanol–water partition coefficient (Wildman–Crippen LogP) is 2.32. The van der Waals surface area contributed by atoms with Crippen LogP contribution >= 0.6 is 0 Å². The lowest BCUT2D eigenvalue weighted by Gasteiger charge is -2.02. The Morgan fingerprint density at radius 3 is 2.75 bits per heavy atom. The number of nitrogens with zero attached hydrogens (tertiary/aromatic N) is 3. The van der Waals surface area contributed by atoms with Crippen molar-refractivity contribution >= 4 is 16.5 Å². The smallest absolute Gasteiger partial charge is 0.258 e. The Morgan fingerprint density at radius 2 is 2.12 bits per heavy atom. The summed E-state index contributed by atoms with van der Waals surface area (Å²) in [6.45, 7) is 1.67. The van der Waals surface area contributed by atoms with Gasteiger partial charge in [0.2, 0.25) is 0 Å². The van der Waals surface area contributed by atoms with Crippen molar-refractivity contribution in [2.75, 3.05) is 0 Å².